The maximum Gasteiger partial charge on any atom is 0.276 e. The molecule has 1 amide bonds. The molecular weight excluding hydrogens is 370 g/mol. The number of methoxy groups -OCH3 is 1. The largest absolute Gasteiger partial charge is 0.497 e. The molecule has 142 valence electrons. The molecule has 9 nitrogen and oxygen atoms in total. The molecule has 0 unspecified atom stereocenters. The molecule has 5 N–H and O–H groups in total. The van der Waals surface area contributed by atoms with Gasteiger partial charge in [0, 0.05) is 6.07 Å². The van der Waals surface area contributed by atoms with Crippen molar-refractivity contribution in [1.82, 2.24) is 19.9 Å². The summed E-state index contributed by atoms with van der Waals surface area (Å²) in [6.07, 6.45) is 0. The van der Waals surface area contributed by atoms with Crippen molar-refractivity contribution in [2.24, 2.45) is 7.05 Å². The Kier molecular flexibility index (Phi) is 5.04. The zero-order chi connectivity index (χ0) is 19.7. The number of nitrogens with zero attached hydrogens (tertiary/aromatic N) is 4. The second-order valence-corrected chi connectivity index (χ2v) is 6.25. The van der Waals surface area contributed by atoms with E-state index in [1.807, 2.05) is 36.7 Å². The summed E-state index contributed by atoms with van der Waals surface area (Å²) in [5, 5.41) is 2.75. The van der Waals surface area contributed by atoms with Crippen LogP contribution in [0.1, 0.15) is 23.2 Å². The molecule has 1 aromatic carbocycles. The molecule has 0 radical (unpaired) electrons. The molecule has 0 atom stereocenters. The molecule has 27 heavy (non-hydrogen) atoms. The van der Waals surface area contributed by atoms with Gasteiger partial charge in [0.2, 0.25) is 0 Å². The van der Waals surface area contributed by atoms with E-state index in [4.69, 9.17) is 27.8 Å². The number of carbonyl (C=O) groups is 1. The molecule has 0 bridgehead atoms. The Balaban J connectivity index is 1.92. The van der Waals surface area contributed by atoms with Gasteiger partial charge in [0.05, 0.1) is 20.7 Å². The highest BCUT2D eigenvalue weighted by atomic mass is 35.5. The summed E-state index contributed by atoms with van der Waals surface area (Å²) in [7, 11) is 3.56. The van der Waals surface area contributed by atoms with E-state index in [0.717, 1.165) is 29.2 Å². The number of anilines is 2. The fourth-order valence-electron chi connectivity index (χ4n) is 3.00. The Hall–Kier alpha value is -3.07. The smallest absolute Gasteiger partial charge is 0.276 e. The van der Waals surface area contributed by atoms with Crippen molar-refractivity contribution < 1.29 is 14.1 Å². The molecule has 0 saturated heterocycles. The predicted molar refractivity (Wildman–Crippen MR) is 102 cm³/mol. The van der Waals surface area contributed by atoms with Gasteiger partial charge in [0.25, 0.3) is 11.7 Å². The van der Waals surface area contributed by atoms with Gasteiger partial charge in [-0.2, -0.15) is 0 Å². The van der Waals surface area contributed by atoms with Gasteiger partial charge in [-0.15, -0.1) is 0 Å². The van der Waals surface area contributed by atoms with Gasteiger partial charge in [0.1, 0.15) is 12.3 Å². The van der Waals surface area contributed by atoms with E-state index in [9.17, 15) is 4.79 Å². The summed E-state index contributed by atoms with van der Waals surface area (Å²) in [5.41, 5.74) is 13.3. The summed E-state index contributed by atoms with van der Waals surface area (Å²) in [4.78, 5) is 20.3. The van der Waals surface area contributed by atoms with Crippen molar-refractivity contribution in [3.63, 3.8) is 0 Å². The summed E-state index contributed by atoms with van der Waals surface area (Å²) < 4.78 is 9.42. The number of nitrogens with one attached hydrogen (secondary N) is 1. The monoisotopic (exact) mass is 390 g/mol. The summed E-state index contributed by atoms with van der Waals surface area (Å²) >= 11 is 5.85. The van der Waals surface area contributed by atoms with E-state index in [0.29, 0.717) is 0 Å². The highest BCUT2D eigenvalue weighted by Crippen LogP contribution is 2.21. The number of carbonyl (C=O) groups excluding carboxylic acids is 1. The third-order valence-electron chi connectivity index (χ3n) is 4.38. The van der Waals surface area contributed by atoms with Crippen LogP contribution in [0.25, 0.3) is 11.0 Å². The molecule has 2 heterocycles. The highest BCUT2D eigenvalue weighted by Gasteiger charge is 2.24. The minimum Gasteiger partial charge on any atom is -0.497 e. The van der Waals surface area contributed by atoms with Gasteiger partial charge >= 0.3 is 0 Å². The van der Waals surface area contributed by atoms with E-state index < -0.39 is 5.91 Å². The summed E-state index contributed by atoms with van der Waals surface area (Å²) in [6, 6.07) is 5.85. The van der Waals surface area contributed by atoms with Crippen LogP contribution in [0.4, 0.5) is 11.6 Å². The van der Waals surface area contributed by atoms with Gasteiger partial charge < -0.3 is 21.5 Å². The Morgan fingerprint density at radius 2 is 2.07 bits per heavy atom. The van der Waals surface area contributed by atoms with Crippen molar-refractivity contribution in [3.05, 3.63) is 34.9 Å². The quantitative estimate of drug-likeness (QED) is 0.559. The average molecular weight is 391 g/mol. The van der Waals surface area contributed by atoms with Gasteiger partial charge in [0.15, 0.2) is 33.5 Å². The summed E-state index contributed by atoms with van der Waals surface area (Å²) in [5.74, 6) is 1.10. The molecular formula is C17H21ClN7O2+. The van der Waals surface area contributed by atoms with Crippen LogP contribution >= 0.6 is 11.6 Å². The number of rotatable bonds is 5. The number of imidazole rings is 1. The number of halogens is 1. The third kappa shape index (κ3) is 3.33. The van der Waals surface area contributed by atoms with E-state index >= 15 is 0 Å². The fraction of sp³-hybridized carbons (Fsp3) is 0.294. The maximum atomic E-state index is 12.5. The predicted octanol–water partition coefficient (Wildman–Crippen LogP) is 1.03. The van der Waals surface area contributed by atoms with E-state index in [2.05, 4.69) is 19.9 Å². The standard InChI is InChI=1S/C17H20ClN7O2/c1-4-25-10-6-5-9(27-3)7-11(10)24(2)12(25)8-21-17(26)13-15(19)23-16(20)14(18)22-13/h5-7H,4,8H2,1-3H3,(H4-,19,20,21,23,26)/p+1. The minimum absolute atomic E-state index is 0.0165. The maximum absolute atomic E-state index is 12.5. The Morgan fingerprint density at radius 1 is 1.33 bits per heavy atom. The molecule has 0 aliphatic carbocycles. The molecule has 3 rings (SSSR count). The number of nitrogen functional groups attached to an aromatic ring is 2. The number of hydrogen-bond acceptors (Lipinski definition) is 6. The molecule has 0 aliphatic rings. The lowest BCUT2D eigenvalue weighted by Crippen LogP contribution is -2.40. The Labute approximate surface area is 160 Å². The van der Waals surface area contributed by atoms with E-state index in [1.165, 1.54) is 0 Å². The number of ether oxygens (including phenoxy) is 1. The van der Waals surface area contributed by atoms with Crippen LogP contribution in [0.3, 0.4) is 0 Å². The first kappa shape index (κ1) is 18.7. The van der Waals surface area contributed by atoms with Crippen LogP contribution in [0.15, 0.2) is 18.2 Å². The SMILES string of the molecule is CC[n+]1c(CNC(=O)c2nc(Cl)c(N)nc2N)n(C)c2cc(OC)ccc21. The molecule has 10 heteroatoms. The molecule has 2 aromatic heterocycles. The normalized spacial score (nSPS) is 11.0. The molecule has 3 aromatic rings. The van der Waals surface area contributed by atoms with Crippen LogP contribution < -0.4 is 26.1 Å². The molecule has 0 fully saturated rings. The lowest BCUT2D eigenvalue weighted by Gasteiger charge is -2.07. The topological polar surface area (TPSA) is 125 Å². The van der Waals surface area contributed by atoms with Gasteiger partial charge in [-0.3, -0.25) is 4.79 Å². The second-order valence-electron chi connectivity index (χ2n) is 5.89. The number of nitrogens with two attached hydrogens (primary N) is 2. The third-order valence-corrected chi connectivity index (χ3v) is 4.65. The number of fused-ring (bicyclic) bond motifs is 1. The summed E-state index contributed by atoms with van der Waals surface area (Å²) in [6.45, 7) is 3.05. The molecule has 0 aliphatic heterocycles. The second kappa shape index (κ2) is 7.28. The van der Waals surface area contributed by atoms with Crippen molar-refractivity contribution >= 4 is 40.2 Å². The highest BCUT2D eigenvalue weighted by molar-refractivity contribution is 6.31. The van der Waals surface area contributed by atoms with E-state index in [1.54, 1.807) is 7.11 Å². The van der Waals surface area contributed by atoms with Crippen molar-refractivity contribution in [3.8, 4) is 5.75 Å². The average Bonchev–Trinajstić information content (AvgIpc) is 2.93. The first-order chi connectivity index (χ1) is 12.9. The molecule has 0 spiro atoms. The Bertz CT molecular complexity index is 1030. The fourth-order valence-corrected chi connectivity index (χ4v) is 3.13. The van der Waals surface area contributed by atoms with Crippen LogP contribution in [0.5, 0.6) is 5.75 Å². The zero-order valence-electron chi connectivity index (χ0n) is 15.3. The van der Waals surface area contributed by atoms with Crippen molar-refractivity contribution in [2.45, 2.75) is 20.0 Å². The number of aromatic nitrogens is 4. The number of aryl methyl sites for hydroxylation is 2. The zero-order valence-corrected chi connectivity index (χ0v) is 16.0. The van der Waals surface area contributed by atoms with Gasteiger partial charge in [-0.25, -0.2) is 19.1 Å². The lowest BCUT2D eigenvalue weighted by molar-refractivity contribution is -0.676. The first-order valence-corrected chi connectivity index (χ1v) is 8.67. The molecule has 0 saturated carbocycles. The number of benzene rings is 1. The van der Waals surface area contributed by atoms with Crippen LogP contribution in [0, 0.1) is 0 Å². The minimum atomic E-state index is -0.479. The van der Waals surface area contributed by atoms with Crippen LogP contribution in [-0.4, -0.2) is 27.6 Å². The van der Waals surface area contributed by atoms with Crippen molar-refractivity contribution in [2.75, 3.05) is 18.6 Å². The lowest BCUT2D eigenvalue weighted by atomic mass is 10.3. The van der Waals surface area contributed by atoms with Crippen LogP contribution in [0.2, 0.25) is 5.15 Å². The Morgan fingerprint density at radius 3 is 2.74 bits per heavy atom. The van der Waals surface area contributed by atoms with Crippen LogP contribution in [-0.2, 0) is 20.1 Å². The van der Waals surface area contributed by atoms with Gasteiger partial charge in [-0.1, -0.05) is 11.6 Å². The van der Waals surface area contributed by atoms with Crippen molar-refractivity contribution in [1.29, 1.82) is 0 Å². The first-order valence-electron chi connectivity index (χ1n) is 8.29. The number of hydrogen-bond donors (Lipinski definition) is 3. The van der Waals surface area contributed by atoms with E-state index in [-0.39, 0.29) is 29.0 Å². The number of amides is 1. The van der Waals surface area contributed by atoms with Gasteiger partial charge in [-0.05, 0) is 19.1 Å².